The Labute approximate surface area is 223 Å². The number of hydrogen-bond acceptors (Lipinski definition) is 6. The second-order valence-corrected chi connectivity index (χ2v) is 11.2. The molecule has 3 N–H and O–H groups in total. The molecule has 1 aromatic rings. The fourth-order valence-corrected chi connectivity index (χ4v) is 4.61. The second kappa shape index (κ2) is 11.8. The molecular weight excluding hydrogens is 490 g/mol. The molecule has 1 aromatic carbocycles. The van der Waals surface area contributed by atoms with Crippen LogP contribution in [0.5, 0.6) is 0 Å². The molecule has 0 unspecified atom stereocenters. The van der Waals surface area contributed by atoms with Gasteiger partial charge in [-0.1, -0.05) is 18.2 Å². The number of para-hydroxylation sites is 1. The first kappa shape index (κ1) is 28.9. The van der Waals surface area contributed by atoms with Gasteiger partial charge in [0.05, 0.1) is 6.54 Å². The molecule has 11 nitrogen and oxygen atoms in total. The van der Waals surface area contributed by atoms with Gasteiger partial charge in [-0.25, -0.2) is 4.79 Å². The summed E-state index contributed by atoms with van der Waals surface area (Å²) in [5.41, 5.74) is -1.40. The maximum Gasteiger partial charge on any atom is 0.410 e. The maximum atomic E-state index is 13.4. The van der Waals surface area contributed by atoms with Crippen molar-refractivity contribution in [1.29, 1.82) is 0 Å². The number of carbonyl (C=O) groups is 5. The van der Waals surface area contributed by atoms with Crippen molar-refractivity contribution in [2.45, 2.75) is 83.5 Å². The molecule has 0 aromatic heterocycles. The fraction of sp³-hybridized carbons (Fsp3) is 0.593. The minimum absolute atomic E-state index is 0.261. The van der Waals surface area contributed by atoms with Crippen LogP contribution in [0.3, 0.4) is 0 Å². The van der Waals surface area contributed by atoms with E-state index in [1.54, 1.807) is 45.0 Å². The van der Waals surface area contributed by atoms with Gasteiger partial charge in [-0.3, -0.25) is 24.1 Å². The largest absolute Gasteiger partial charge is 0.444 e. The zero-order chi connectivity index (χ0) is 28.1. The van der Waals surface area contributed by atoms with Gasteiger partial charge in [0.25, 0.3) is 0 Å². The number of anilines is 1. The first-order valence-electron chi connectivity index (χ1n) is 13.0. The van der Waals surface area contributed by atoms with Gasteiger partial charge in [-0.05, 0) is 72.4 Å². The summed E-state index contributed by atoms with van der Waals surface area (Å²) in [6, 6.07) is 7.42. The number of carbonyl (C=O) groups excluding carboxylic acids is 5. The molecule has 2 aliphatic rings. The van der Waals surface area contributed by atoms with Crippen LogP contribution >= 0.6 is 0 Å². The standard InChI is InChI=1S/C27H39N5O6/c1-26(2,3)38-25(37)32-16-10-14-20(32)23(35)31-15-9-13-19(31)22(34)30-27(4,5)24(36)28-17-21(33)29-18-11-7-6-8-12-18/h6-8,11-12,19-20H,9-10,13-17H2,1-5H3,(H,28,36)(H,29,33)(H,30,34)/t19-,20-/m0/s1. The van der Waals surface area contributed by atoms with Crippen molar-refractivity contribution >= 4 is 35.4 Å². The summed E-state index contributed by atoms with van der Waals surface area (Å²) >= 11 is 0. The van der Waals surface area contributed by atoms with Gasteiger partial charge < -0.3 is 25.6 Å². The Morgan fingerprint density at radius 1 is 0.895 bits per heavy atom. The third kappa shape index (κ3) is 7.45. The highest BCUT2D eigenvalue weighted by molar-refractivity contribution is 5.98. The van der Waals surface area contributed by atoms with E-state index in [2.05, 4.69) is 16.0 Å². The molecule has 38 heavy (non-hydrogen) atoms. The number of ether oxygens (including phenoxy) is 1. The molecule has 2 atom stereocenters. The normalized spacial score (nSPS) is 19.6. The number of nitrogens with zero attached hydrogens (tertiary/aromatic N) is 2. The van der Waals surface area contributed by atoms with Gasteiger partial charge in [0.1, 0.15) is 23.2 Å². The predicted octanol–water partition coefficient (Wildman–Crippen LogP) is 2.03. The minimum Gasteiger partial charge on any atom is -0.444 e. The van der Waals surface area contributed by atoms with E-state index in [4.69, 9.17) is 4.74 Å². The molecule has 11 heteroatoms. The van der Waals surface area contributed by atoms with Gasteiger partial charge in [0, 0.05) is 18.8 Å². The molecule has 208 valence electrons. The Balaban J connectivity index is 1.57. The summed E-state index contributed by atoms with van der Waals surface area (Å²) in [6.45, 7) is 8.94. The van der Waals surface area contributed by atoms with Crippen LogP contribution in [0.4, 0.5) is 10.5 Å². The van der Waals surface area contributed by atoms with Crippen molar-refractivity contribution in [1.82, 2.24) is 20.4 Å². The number of hydrogen-bond donors (Lipinski definition) is 3. The zero-order valence-electron chi connectivity index (χ0n) is 22.8. The fourth-order valence-electron chi connectivity index (χ4n) is 4.61. The van der Waals surface area contributed by atoms with Crippen molar-refractivity contribution in [3.8, 4) is 0 Å². The molecule has 2 aliphatic heterocycles. The van der Waals surface area contributed by atoms with E-state index < -0.39 is 47.0 Å². The topological polar surface area (TPSA) is 137 Å². The van der Waals surface area contributed by atoms with Crippen LogP contribution in [0.1, 0.15) is 60.3 Å². The molecule has 5 amide bonds. The van der Waals surface area contributed by atoms with Crippen molar-refractivity contribution in [2.75, 3.05) is 25.0 Å². The first-order chi connectivity index (χ1) is 17.8. The van der Waals surface area contributed by atoms with Gasteiger partial charge in [0.15, 0.2) is 0 Å². The smallest absolute Gasteiger partial charge is 0.410 e. The number of nitrogens with one attached hydrogen (secondary N) is 3. The van der Waals surface area contributed by atoms with Crippen molar-refractivity contribution in [3.05, 3.63) is 30.3 Å². The Bertz CT molecular complexity index is 1050. The predicted molar refractivity (Wildman–Crippen MR) is 141 cm³/mol. The third-order valence-corrected chi connectivity index (χ3v) is 6.47. The molecule has 0 radical (unpaired) electrons. The van der Waals surface area contributed by atoms with Crippen molar-refractivity contribution in [2.24, 2.45) is 0 Å². The summed E-state index contributed by atoms with van der Waals surface area (Å²) in [5, 5.41) is 7.96. The second-order valence-electron chi connectivity index (χ2n) is 11.2. The van der Waals surface area contributed by atoms with Crippen LogP contribution in [0.2, 0.25) is 0 Å². The quantitative estimate of drug-likeness (QED) is 0.494. The SMILES string of the molecule is CC(C)(C)OC(=O)N1CCC[C@H]1C(=O)N1CCC[C@H]1C(=O)NC(C)(C)C(=O)NCC(=O)Nc1ccccc1. The lowest BCUT2D eigenvalue weighted by Gasteiger charge is -2.33. The van der Waals surface area contributed by atoms with Crippen LogP contribution in [-0.4, -0.2) is 82.4 Å². The Morgan fingerprint density at radius 3 is 2.13 bits per heavy atom. The maximum absolute atomic E-state index is 13.4. The molecule has 0 bridgehead atoms. The van der Waals surface area contributed by atoms with Crippen molar-refractivity contribution in [3.63, 3.8) is 0 Å². The van der Waals surface area contributed by atoms with Gasteiger partial charge in [-0.2, -0.15) is 0 Å². The van der Waals surface area contributed by atoms with Gasteiger partial charge >= 0.3 is 6.09 Å². The minimum atomic E-state index is -1.32. The molecule has 2 saturated heterocycles. The highest BCUT2D eigenvalue weighted by Gasteiger charge is 2.44. The molecule has 3 rings (SSSR count). The van der Waals surface area contributed by atoms with E-state index in [-0.39, 0.29) is 12.5 Å². The number of rotatable bonds is 7. The number of benzene rings is 1. The van der Waals surface area contributed by atoms with E-state index >= 15 is 0 Å². The van der Waals surface area contributed by atoms with E-state index in [0.717, 1.165) is 0 Å². The first-order valence-corrected chi connectivity index (χ1v) is 13.0. The molecule has 0 saturated carbocycles. The van der Waals surface area contributed by atoms with E-state index in [9.17, 15) is 24.0 Å². The van der Waals surface area contributed by atoms with E-state index in [0.29, 0.717) is 44.5 Å². The Morgan fingerprint density at radius 2 is 1.50 bits per heavy atom. The highest BCUT2D eigenvalue weighted by Crippen LogP contribution is 2.27. The summed E-state index contributed by atoms with van der Waals surface area (Å²) in [6.07, 6.45) is 1.72. The summed E-state index contributed by atoms with van der Waals surface area (Å²) in [4.78, 5) is 67.2. The zero-order valence-corrected chi connectivity index (χ0v) is 22.8. The lowest BCUT2D eigenvalue weighted by atomic mass is 10.0. The lowest BCUT2D eigenvalue weighted by molar-refractivity contribution is -0.143. The Kier molecular flexibility index (Phi) is 9.01. The number of amides is 5. The average Bonchev–Trinajstić information content (AvgIpc) is 3.51. The monoisotopic (exact) mass is 529 g/mol. The van der Waals surface area contributed by atoms with Crippen LogP contribution in [0.25, 0.3) is 0 Å². The molecule has 0 aliphatic carbocycles. The van der Waals surface area contributed by atoms with Crippen molar-refractivity contribution < 1.29 is 28.7 Å². The molecule has 2 heterocycles. The number of likely N-dealkylation sites (tertiary alicyclic amines) is 2. The van der Waals surface area contributed by atoms with Crippen LogP contribution in [0, 0.1) is 0 Å². The summed E-state index contributed by atoms with van der Waals surface area (Å²) < 4.78 is 5.47. The highest BCUT2D eigenvalue weighted by atomic mass is 16.6. The average molecular weight is 530 g/mol. The van der Waals surface area contributed by atoms with Crippen LogP contribution in [-0.2, 0) is 23.9 Å². The molecule has 0 spiro atoms. The third-order valence-electron chi connectivity index (χ3n) is 6.47. The summed E-state index contributed by atoms with van der Waals surface area (Å²) in [7, 11) is 0. The van der Waals surface area contributed by atoms with E-state index in [1.807, 2.05) is 6.07 Å². The molecule has 2 fully saturated rings. The van der Waals surface area contributed by atoms with Crippen LogP contribution in [0.15, 0.2) is 30.3 Å². The molecular formula is C27H39N5O6. The lowest BCUT2D eigenvalue weighted by Crippen LogP contribution is -2.60. The van der Waals surface area contributed by atoms with Gasteiger partial charge in [0.2, 0.25) is 23.6 Å². The van der Waals surface area contributed by atoms with Gasteiger partial charge in [-0.15, -0.1) is 0 Å². The Hall–Kier alpha value is -3.63. The van der Waals surface area contributed by atoms with E-state index in [1.165, 1.54) is 23.6 Å². The summed E-state index contributed by atoms with van der Waals surface area (Å²) in [5.74, 6) is -1.67. The van der Waals surface area contributed by atoms with Crippen LogP contribution < -0.4 is 16.0 Å².